The number of halogens is 1. The highest BCUT2D eigenvalue weighted by Gasteiger charge is 2.33. The molecule has 4 rings (SSSR count). The van der Waals surface area contributed by atoms with Gasteiger partial charge in [0.1, 0.15) is 5.82 Å². The lowest BCUT2D eigenvalue weighted by atomic mass is 9.99. The van der Waals surface area contributed by atoms with Crippen LogP contribution >= 0.6 is 11.3 Å². The van der Waals surface area contributed by atoms with Crippen molar-refractivity contribution < 1.29 is 17.6 Å². The first-order valence-corrected chi connectivity index (χ1v) is 12.6. The molecule has 2 aromatic carbocycles. The number of thiazole rings is 1. The van der Waals surface area contributed by atoms with Crippen LogP contribution in [-0.4, -0.2) is 43.2 Å². The maximum absolute atomic E-state index is 13.1. The predicted octanol–water partition coefficient (Wildman–Crippen LogP) is 3.59. The van der Waals surface area contributed by atoms with Gasteiger partial charge in [-0.3, -0.25) is 4.79 Å². The molecule has 1 aromatic heterocycles. The van der Waals surface area contributed by atoms with Crippen molar-refractivity contribution in [3.05, 3.63) is 59.4 Å². The number of rotatable bonds is 7. The van der Waals surface area contributed by atoms with Crippen LogP contribution in [0.15, 0.2) is 53.4 Å². The Balaban J connectivity index is 1.28. The lowest BCUT2D eigenvalue weighted by Crippen LogP contribution is -2.45. The summed E-state index contributed by atoms with van der Waals surface area (Å²) in [5, 5.41) is 3.99. The van der Waals surface area contributed by atoms with Crippen molar-refractivity contribution in [3.63, 3.8) is 0 Å². The Morgan fingerprint density at radius 2 is 1.97 bits per heavy atom. The van der Waals surface area contributed by atoms with E-state index < -0.39 is 15.8 Å². The number of para-hydroxylation sites is 1. The summed E-state index contributed by atoms with van der Waals surface area (Å²) in [7, 11) is -3.74. The van der Waals surface area contributed by atoms with E-state index in [0.717, 1.165) is 40.2 Å². The molecular weight excluding hydrogens is 437 g/mol. The summed E-state index contributed by atoms with van der Waals surface area (Å²) in [4.78, 5) is 17.3. The van der Waals surface area contributed by atoms with E-state index in [1.54, 1.807) is 11.3 Å². The van der Waals surface area contributed by atoms with E-state index in [4.69, 9.17) is 0 Å². The number of amides is 1. The molecule has 1 unspecified atom stereocenters. The van der Waals surface area contributed by atoms with Crippen LogP contribution in [0.1, 0.15) is 24.3 Å². The van der Waals surface area contributed by atoms with Crippen molar-refractivity contribution in [1.29, 1.82) is 0 Å². The first-order valence-electron chi connectivity index (χ1n) is 10.3. The highest BCUT2D eigenvalue weighted by molar-refractivity contribution is 7.89. The first kappa shape index (κ1) is 21.9. The number of carbonyl (C=O) groups excluding carboxylic acids is 1. The van der Waals surface area contributed by atoms with E-state index in [2.05, 4.69) is 10.3 Å². The number of aromatic nitrogens is 1. The number of carbonyl (C=O) groups is 1. The molecule has 1 atom stereocenters. The number of hydrogen-bond acceptors (Lipinski definition) is 5. The fourth-order valence-electron chi connectivity index (χ4n) is 3.75. The lowest BCUT2D eigenvalue weighted by molar-refractivity contribution is -0.126. The van der Waals surface area contributed by atoms with Crippen LogP contribution in [0.5, 0.6) is 0 Å². The van der Waals surface area contributed by atoms with E-state index in [1.165, 1.54) is 16.4 Å². The van der Waals surface area contributed by atoms with Crippen LogP contribution in [0.25, 0.3) is 10.2 Å². The summed E-state index contributed by atoms with van der Waals surface area (Å²) in [5.74, 6) is -0.990. The molecule has 6 nitrogen and oxygen atoms in total. The van der Waals surface area contributed by atoms with E-state index in [-0.39, 0.29) is 23.3 Å². The van der Waals surface area contributed by atoms with Gasteiger partial charge < -0.3 is 5.32 Å². The van der Waals surface area contributed by atoms with E-state index in [9.17, 15) is 17.6 Å². The third-order valence-corrected chi connectivity index (χ3v) is 8.39. The quantitative estimate of drug-likeness (QED) is 0.546. The lowest BCUT2D eigenvalue weighted by Gasteiger charge is -2.31. The predicted molar refractivity (Wildman–Crippen MR) is 119 cm³/mol. The molecule has 1 fully saturated rings. The van der Waals surface area contributed by atoms with Gasteiger partial charge in [-0.25, -0.2) is 17.8 Å². The maximum atomic E-state index is 13.1. The van der Waals surface area contributed by atoms with Gasteiger partial charge in [-0.05, 0) is 55.7 Å². The average Bonchev–Trinajstić information content (AvgIpc) is 3.20. The van der Waals surface area contributed by atoms with Gasteiger partial charge in [0.2, 0.25) is 15.9 Å². The Bertz CT molecular complexity index is 1130. The fourth-order valence-corrected chi connectivity index (χ4v) is 6.29. The highest BCUT2D eigenvalue weighted by Crippen LogP contribution is 2.25. The molecule has 0 bridgehead atoms. The fraction of sp³-hybridized carbons (Fsp3) is 0.364. The van der Waals surface area contributed by atoms with E-state index >= 15 is 0 Å². The minimum absolute atomic E-state index is 0.0470. The van der Waals surface area contributed by atoms with Gasteiger partial charge in [0.05, 0.1) is 26.0 Å². The number of fused-ring (bicyclic) bond motifs is 1. The highest BCUT2D eigenvalue weighted by atomic mass is 32.2. The maximum Gasteiger partial charge on any atom is 0.243 e. The minimum atomic E-state index is -3.74. The Labute approximate surface area is 185 Å². The van der Waals surface area contributed by atoms with Crippen LogP contribution in [0.3, 0.4) is 0 Å². The Morgan fingerprint density at radius 1 is 1.19 bits per heavy atom. The number of nitrogens with one attached hydrogen (secondary N) is 1. The summed E-state index contributed by atoms with van der Waals surface area (Å²) in [6, 6.07) is 12.8. The molecule has 9 heteroatoms. The SMILES string of the molecule is O=C(NCCCc1nc2ccccc2s1)C1CCCN(S(=O)(=O)c2ccc(F)cc2)C1. The smallest absolute Gasteiger partial charge is 0.243 e. The summed E-state index contributed by atoms with van der Waals surface area (Å²) < 4.78 is 41.3. The zero-order chi connectivity index (χ0) is 21.8. The molecule has 0 radical (unpaired) electrons. The third-order valence-electron chi connectivity index (χ3n) is 5.41. The second kappa shape index (κ2) is 9.42. The van der Waals surface area contributed by atoms with Gasteiger partial charge >= 0.3 is 0 Å². The molecule has 31 heavy (non-hydrogen) atoms. The number of sulfonamides is 1. The van der Waals surface area contributed by atoms with Gasteiger partial charge in [0, 0.05) is 26.1 Å². The van der Waals surface area contributed by atoms with Crippen molar-refractivity contribution in [3.8, 4) is 0 Å². The van der Waals surface area contributed by atoms with Crippen LogP contribution in [0.2, 0.25) is 0 Å². The minimum Gasteiger partial charge on any atom is -0.356 e. The monoisotopic (exact) mass is 461 g/mol. The summed E-state index contributed by atoms with van der Waals surface area (Å²) >= 11 is 1.67. The molecule has 1 saturated heterocycles. The molecule has 1 aliphatic heterocycles. The molecule has 1 aliphatic rings. The number of hydrogen-bond donors (Lipinski definition) is 1. The summed E-state index contributed by atoms with van der Waals surface area (Å²) in [6.07, 6.45) is 2.83. The summed E-state index contributed by atoms with van der Waals surface area (Å²) in [5.41, 5.74) is 0.996. The number of aryl methyl sites for hydroxylation is 1. The van der Waals surface area contributed by atoms with Crippen molar-refractivity contribution in [2.24, 2.45) is 5.92 Å². The molecule has 1 N–H and O–H groups in total. The zero-order valence-electron chi connectivity index (χ0n) is 17.0. The molecule has 1 amide bonds. The van der Waals surface area contributed by atoms with Gasteiger partial charge in [-0.2, -0.15) is 4.31 Å². The Morgan fingerprint density at radius 3 is 2.74 bits per heavy atom. The van der Waals surface area contributed by atoms with Crippen LogP contribution in [0.4, 0.5) is 4.39 Å². The Kier molecular flexibility index (Phi) is 6.64. The molecule has 0 saturated carbocycles. The van der Waals surface area contributed by atoms with Crippen molar-refractivity contribution in [1.82, 2.24) is 14.6 Å². The van der Waals surface area contributed by atoms with Crippen molar-refractivity contribution in [2.75, 3.05) is 19.6 Å². The van der Waals surface area contributed by atoms with Gasteiger partial charge in [0.25, 0.3) is 0 Å². The largest absolute Gasteiger partial charge is 0.356 e. The Hall–Kier alpha value is -2.36. The van der Waals surface area contributed by atoms with Crippen LogP contribution in [-0.2, 0) is 21.2 Å². The van der Waals surface area contributed by atoms with Gasteiger partial charge in [-0.15, -0.1) is 11.3 Å². The number of piperidine rings is 1. The molecule has 164 valence electrons. The first-order chi connectivity index (χ1) is 14.9. The van der Waals surface area contributed by atoms with Gasteiger partial charge in [0.15, 0.2) is 0 Å². The summed E-state index contributed by atoms with van der Waals surface area (Å²) in [6.45, 7) is 1.03. The van der Waals surface area contributed by atoms with Crippen molar-refractivity contribution in [2.45, 2.75) is 30.6 Å². The third kappa shape index (κ3) is 5.11. The second-order valence-corrected chi connectivity index (χ2v) is 10.7. The second-order valence-electron chi connectivity index (χ2n) is 7.63. The number of nitrogens with zero attached hydrogens (tertiary/aromatic N) is 2. The van der Waals surface area contributed by atoms with Crippen LogP contribution < -0.4 is 5.32 Å². The molecule has 2 heterocycles. The molecule has 0 spiro atoms. The molecule has 3 aromatic rings. The van der Waals surface area contributed by atoms with Crippen LogP contribution in [0, 0.1) is 11.7 Å². The van der Waals surface area contributed by atoms with Gasteiger partial charge in [-0.1, -0.05) is 12.1 Å². The molecule has 0 aliphatic carbocycles. The standard InChI is InChI=1S/C22H24FN3O3S2/c23-17-9-11-18(12-10-17)31(28,29)26-14-4-5-16(15-26)22(27)24-13-3-8-21-25-19-6-1-2-7-20(19)30-21/h1-2,6-7,9-12,16H,3-5,8,13-15H2,(H,24,27). The van der Waals surface area contributed by atoms with E-state index in [0.29, 0.717) is 25.9 Å². The zero-order valence-corrected chi connectivity index (χ0v) is 18.6. The average molecular weight is 462 g/mol. The number of benzene rings is 2. The van der Waals surface area contributed by atoms with E-state index in [1.807, 2.05) is 24.3 Å². The normalized spacial score (nSPS) is 17.6. The topological polar surface area (TPSA) is 79.4 Å². The van der Waals surface area contributed by atoms with Crippen molar-refractivity contribution >= 4 is 37.5 Å². The molecular formula is C22H24FN3O3S2.